The predicted octanol–water partition coefficient (Wildman–Crippen LogP) is 0.774. The van der Waals surface area contributed by atoms with Crippen molar-refractivity contribution in [1.82, 2.24) is 14.5 Å². The number of aliphatic hydroxyl groups is 1. The summed E-state index contributed by atoms with van der Waals surface area (Å²) in [6, 6.07) is 4.95. The Hall–Kier alpha value is -3.20. The minimum Gasteiger partial charge on any atom is -0.488 e. The van der Waals surface area contributed by atoms with Crippen molar-refractivity contribution in [2.45, 2.75) is 20.0 Å². The molecule has 9 heteroatoms. The summed E-state index contributed by atoms with van der Waals surface area (Å²) in [5.41, 5.74) is 1.16. The van der Waals surface area contributed by atoms with Crippen LogP contribution in [0.1, 0.15) is 24.2 Å². The Morgan fingerprint density at radius 3 is 2.93 bits per heavy atom. The molecule has 28 heavy (non-hydrogen) atoms. The van der Waals surface area contributed by atoms with Gasteiger partial charge in [-0.25, -0.2) is 4.98 Å². The Bertz CT molecular complexity index is 940. The molecule has 148 valence electrons. The van der Waals surface area contributed by atoms with Crippen molar-refractivity contribution in [2.75, 3.05) is 31.1 Å². The number of fused-ring (bicyclic) bond motifs is 1. The van der Waals surface area contributed by atoms with Crippen LogP contribution in [0.4, 0.5) is 11.5 Å². The van der Waals surface area contributed by atoms with E-state index in [1.54, 1.807) is 30.0 Å². The number of carbonyl (C=O) groups is 2. The van der Waals surface area contributed by atoms with Gasteiger partial charge in [-0.2, -0.15) is 0 Å². The molecule has 1 amide bonds. The van der Waals surface area contributed by atoms with Gasteiger partial charge >= 0.3 is 0 Å². The quantitative estimate of drug-likeness (QED) is 0.711. The summed E-state index contributed by atoms with van der Waals surface area (Å²) in [6.07, 6.45) is 2.96. The third-order valence-corrected chi connectivity index (χ3v) is 4.46. The van der Waals surface area contributed by atoms with E-state index in [0.717, 1.165) is 0 Å². The van der Waals surface area contributed by atoms with Crippen LogP contribution in [0.25, 0.3) is 0 Å². The largest absolute Gasteiger partial charge is 0.488 e. The maximum atomic E-state index is 12.7. The van der Waals surface area contributed by atoms with Crippen molar-refractivity contribution < 1.29 is 19.4 Å². The lowest BCUT2D eigenvalue weighted by Gasteiger charge is -2.30. The van der Waals surface area contributed by atoms with Gasteiger partial charge in [0.15, 0.2) is 11.6 Å². The molecule has 2 aromatic heterocycles. The molecule has 1 atom stereocenters. The van der Waals surface area contributed by atoms with Crippen LogP contribution >= 0.6 is 0 Å². The summed E-state index contributed by atoms with van der Waals surface area (Å²) in [5.74, 6) is 0.799. The second-order valence-electron chi connectivity index (χ2n) is 6.52. The Labute approximate surface area is 162 Å². The first-order valence-corrected chi connectivity index (χ1v) is 9.04. The third-order valence-electron chi connectivity index (χ3n) is 4.46. The van der Waals surface area contributed by atoms with Crippen LogP contribution in [0.15, 0.2) is 30.6 Å². The number of hydrogen-bond donors (Lipinski definition) is 2. The van der Waals surface area contributed by atoms with Crippen molar-refractivity contribution in [3.05, 3.63) is 41.6 Å². The van der Waals surface area contributed by atoms with Crippen molar-refractivity contribution >= 4 is 23.8 Å². The molecule has 0 bridgehead atoms. The fourth-order valence-corrected chi connectivity index (χ4v) is 3.08. The highest BCUT2D eigenvalue weighted by molar-refractivity contribution is 5.95. The summed E-state index contributed by atoms with van der Waals surface area (Å²) < 4.78 is 6.87. The monoisotopic (exact) mass is 385 g/mol. The minimum absolute atomic E-state index is 0.0593. The van der Waals surface area contributed by atoms with Crippen LogP contribution in [0.2, 0.25) is 0 Å². The van der Waals surface area contributed by atoms with Gasteiger partial charge in [-0.1, -0.05) is 0 Å². The van der Waals surface area contributed by atoms with Crippen LogP contribution in [0, 0.1) is 5.41 Å². The van der Waals surface area contributed by atoms with Gasteiger partial charge in [0.05, 0.1) is 18.2 Å². The van der Waals surface area contributed by atoms with Crippen LogP contribution in [-0.2, 0) is 4.79 Å². The number of rotatable bonds is 6. The molecule has 0 radical (unpaired) electrons. The molecule has 1 aliphatic heterocycles. The average Bonchev–Trinajstić information content (AvgIpc) is 2.70. The van der Waals surface area contributed by atoms with Crippen LogP contribution in [0.5, 0.6) is 5.75 Å². The molecular weight excluding hydrogens is 362 g/mol. The molecule has 1 aliphatic rings. The number of nitrogens with one attached hydrogen (secondary N) is 1. The Kier molecular flexibility index (Phi) is 5.74. The molecular formula is C19H23N5O4. The number of nitrogens with zero attached hydrogens (tertiary/aromatic N) is 4. The number of aliphatic hydroxyl groups excluding tert-OH is 1. The molecule has 0 saturated carbocycles. The normalized spacial score (nSPS) is 14.0. The smallest absolute Gasteiger partial charge is 0.255 e. The van der Waals surface area contributed by atoms with E-state index in [2.05, 4.69) is 4.98 Å². The Balaban J connectivity index is 1.91. The summed E-state index contributed by atoms with van der Waals surface area (Å²) in [7, 11) is 0. The Morgan fingerprint density at radius 1 is 1.50 bits per heavy atom. The molecule has 0 aromatic carbocycles. The van der Waals surface area contributed by atoms with Gasteiger partial charge < -0.3 is 19.6 Å². The van der Waals surface area contributed by atoms with Gasteiger partial charge in [-0.15, -0.1) is 0 Å². The van der Waals surface area contributed by atoms with E-state index in [9.17, 15) is 14.7 Å². The molecule has 2 aromatic rings. The van der Waals surface area contributed by atoms with Crippen LogP contribution in [0.3, 0.4) is 0 Å². The third kappa shape index (κ3) is 3.89. The first kappa shape index (κ1) is 19.6. The number of ether oxygens (including phenoxy) is 1. The first-order chi connectivity index (χ1) is 13.4. The highest BCUT2D eigenvalue weighted by Gasteiger charge is 2.24. The topological polar surface area (TPSA) is 112 Å². The number of carbonyl (C=O) groups excluding carboxylic acids is 2. The minimum atomic E-state index is -0.618. The predicted molar refractivity (Wildman–Crippen MR) is 102 cm³/mol. The fourth-order valence-electron chi connectivity index (χ4n) is 3.08. The fraction of sp³-hybridized carbons (Fsp3) is 0.368. The van der Waals surface area contributed by atoms with E-state index in [4.69, 9.17) is 10.1 Å². The molecule has 2 N–H and O–H groups in total. The maximum Gasteiger partial charge on any atom is 0.255 e. The van der Waals surface area contributed by atoms with E-state index < -0.39 is 6.10 Å². The van der Waals surface area contributed by atoms with E-state index in [1.165, 1.54) is 17.0 Å². The number of anilines is 2. The molecule has 3 rings (SSSR count). The molecule has 0 aliphatic carbocycles. The molecule has 3 heterocycles. The van der Waals surface area contributed by atoms with Crippen molar-refractivity contribution in [3.8, 4) is 5.75 Å². The van der Waals surface area contributed by atoms with Crippen molar-refractivity contribution in [1.29, 1.82) is 5.41 Å². The van der Waals surface area contributed by atoms with Gasteiger partial charge in [0.25, 0.3) is 5.91 Å². The van der Waals surface area contributed by atoms with Crippen molar-refractivity contribution in [3.63, 3.8) is 0 Å². The van der Waals surface area contributed by atoms with E-state index in [-0.39, 0.29) is 17.9 Å². The number of likely N-dealkylation sites (N-methyl/N-ethyl adjacent to an activating group) is 1. The van der Waals surface area contributed by atoms with E-state index in [1.807, 2.05) is 11.8 Å². The lowest BCUT2D eigenvalue weighted by molar-refractivity contribution is 0.0659. The molecule has 0 spiro atoms. The zero-order valence-corrected chi connectivity index (χ0v) is 15.8. The zero-order chi connectivity index (χ0) is 20.3. The maximum absolute atomic E-state index is 12.7. The van der Waals surface area contributed by atoms with E-state index in [0.29, 0.717) is 48.9 Å². The Morgan fingerprint density at radius 2 is 2.29 bits per heavy atom. The average molecular weight is 385 g/mol. The first-order valence-electron chi connectivity index (χ1n) is 9.04. The lowest BCUT2D eigenvalue weighted by Crippen LogP contribution is -2.36. The second kappa shape index (κ2) is 8.22. The summed E-state index contributed by atoms with van der Waals surface area (Å²) in [6.45, 7) is 5.13. The number of pyridine rings is 2. The molecule has 1 unspecified atom stereocenters. The van der Waals surface area contributed by atoms with Crippen LogP contribution < -0.4 is 15.1 Å². The van der Waals surface area contributed by atoms with Gasteiger partial charge in [0.2, 0.25) is 6.41 Å². The second-order valence-corrected chi connectivity index (χ2v) is 6.52. The molecule has 0 fully saturated rings. The van der Waals surface area contributed by atoms with Gasteiger partial charge in [0, 0.05) is 37.2 Å². The molecule has 9 nitrogen and oxygen atoms in total. The standard InChI is InChI=1S/C19H23N5O4/c1-3-22(11-13(2)26)19(27)14-8-16-18(21-10-14)24(6-7-28-16)15-4-5-23(12-25)17(20)9-15/h4-5,8-10,12-13,20,26H,3,6-7,11H2,1-2H3. The summed E-state index contributed by atoms with van der Waals surface area (Å²) in [4.78, 5) is 31.5. The van der Waals surface area contributed by atoms with Gasteiger partial charge in [0.1, 0.15) is 12.1 Å². The van der Waals surface area contributed by atoms with Gasteiger partial charge in [-0.05, 0) is 26.0 Å². The number of aromatic nitrogens is 2. The van der Waals surface area contributed by atoms with Crippen LogP contribution in [-0.4, -0.2) is 64.2 Å². The number of hydrogen-bond acceptors (Lipinski definition) is 7. The lowest BCUT2D eigenvalue weighted by atomic mass is 10.2. The van der Waals surface area contributed by atoms with Crippen molar-refractivity contribution in [2.24, 2.45) is 0 Å². The summed E-state index contributed by atoms with van der Waals surface area (Å²) in [5, 5.41) is 17.5. The van der Waals surface area contributed by atoms with E-state index >= 15 is 0 Å². The molecule has 0 saturated heterocycles. The SMILES string of the molecule is CCN(CC(C)O)C(=O)c1cnc2c(c1)OCCN2c1ccn(C=O)c(=N)c1. The number of amides is 1. The highest BCUT2D eigenvalue weighted by Crippen LogP contribution is 2.34. The summed E-state index contributed by atoms with van der Waals surface area (Å²) >= 11 is 0. The zero-order valence-electron chi connectivity index (χ0n) is 15.8. The highest BCUT2D eigenvalue weighted by atomic mass is 16.5. The van der Waals surface area contributed by atoms with Gasteiger partial charge in [-0.3, -0.25) is 19.6 Å².